The summed E-state index contributed by atoms with van der Waals surface area (Å²) in [6.45, 7) is 1.81. The molecule has 0 aliphatic rings. The van der Waals surface area contributed by atoms with Crippen LogP contribution >= 0.6 is 11.3 Å². The van der Waals surface area contributed by atoms with E-state index in [0.717, 1.165) is 17.7 Å². The first-order chi connectivity index (χ1) is 13.7. The van der Waals surface area contributed by atoms with E-state index in [1.54, 1.807) is 5.38 Å². The summed E-state index contributed by atoms with van der Waals surface area (Å²) in [5, 5.41) is 9.41. The molecule has 152 valence electrons. The number of carbonyl (C=O) groups is 2. The molecular formula is C18H17N3O6S2. The summed E-state index contributed by atoms with van der Waals surface area (Å²) < 4.78 is 32.2. The minimum absolute atomic E-state index is 0.0857. The third kappa shape index (κ3) is 5.73. The van der Waals surface area contributed by atoms with Crippen molar-refractivity contribution in [2.75, 3.05) is 5.32 Å². The lowest BCUT2D eigenvalue weighted by atomic mass is 10.2. The fourth-order valence-corrected chi connectivity index (χ4v) is 3.51. The molecule has 2 heterocycles. The van der Waals surface area contributed by atoms with Gasteiger partial charge in [-0.15, -0.1) is 11.3 Å². The summed E-state index contributed by atoms with van der Waals surface area (Å²) >= 11 is 1.26. The molecule has 0 bridgehead atoms. The first-order valence-electron chi connectivity index (χ1n) is 8.30. The first kappa shape index (κ1) is 20.7. The molecule has 0 spiro atoms. The van der Waals surface area contributed by atoms with Gasteiger partial charge in [-0.2, -0.15) is 0 Å². The lowest BCUT2D eigenvalue weighted by molar-refractivity contribution is -0.115. The van der Waals surface area contributed by atoms with E-state index in [2.05, 4.69) is 10.3 Å². The van der Waals surface area contributed by atoms with Crippen molar-refractivity contribution < 1.29 is 27.2 Å². The summed E-state index contributed by atoms with van der Waals surface area (Å²) in [6.07, 6.45) is 0.0857. The van der Waals surface area contributed by atoms with Gasteiger partial charge in [-0.3, -0.25) is 4.79 Å². The van der Waals surface area contributed by atoms with Gasteiger partial charge < -0.3 is 14.5 Å². The Balaban J connectivity index is 1.52. The van der Waals surface area contributed by atoms with Crippen LogP contribution in [0.2, 0.25) is 0 Å². The number of nitrogens with one attached hydrogen (secondary N) is 1. The van der Waals surface area contributed by atoms with E-state index in [-0.39, 0.29) is 24.7 Å². The summed E-state index contributed by atoms with van der Waals surface area (Å²) in [7, 11) is -4.04. The maximum absolute atomic E-state index is 12.1. The standard InChI is InChI=1S/C18H17N3O6S2/c1-11-2-4-12(5-3-11)20-15(22)8-16-21-13(10-28-16)9-26-18(23)14-6-7-17(27-14)29(19,24)25/h2-7,10H,8-9H2,1H3,(H,20,22)(H2,19,24,25). The van der Waals surface area contributed by atoms with Crippen molar-refractivity contribution in [1.29, 1.82) is 0 Å². The summed E-state index contributed by atoms with van der Waals surface area (Å²) in [6, 6.07) is 9.65. The number of aromatic nitrogens is 1. The number of nitrogens with two attached hydrogens (primary N) is 1. The molecule has 0 radical (unpaired) electrons. The van der Waals surface area contributed by atoms with Crippen LogP contribution in [0.15, 0.2) is 51.3 Å². The van der Waals surface area contributed by atoms with Gasteiger partial charge in [-0.25, -0.2) is 23.3 Å². The molecule has 0 atom stereocenters. The van der Waals surface area contributed by atoms with Gasteiger partial charge in [0.05, 0.1) is 12.1 Å². The maximum atomic E-state index is 12.1. The summed E-state index contributed by atoms with van der Waals surface area (Å²) in [5.74, 6) is -1.36. The number of primary sulfonamides is 1. The highest BCUT2D eigenvalue weighted by Crippen LogP contribution is 2.16. The second-order valence-corrected chi connectivity index (χ2v) is 8.50. The minimum atomic E-state index is -4.04. The van der Waals surface area contributed by atoms with Crippen molar-refractivity contribution >= 4 is 38.9 Å². The van der Waals surface area contributed by atoms with Crippen LogP contribution in [0.25, 0.3) is 0 Å². The molecule has 2 aromatic heterocycles. The van der Waals surface area contributed by atoms with Gasteiger partial charge in [0.15, 0.2) is 0 Å². The van der Waals surface area contributed by atoms with Crippen molar-refractivity contribution in [3.63, 3.8) is 0 Å². The Hall–Kier alpha value is -3.02. The number of carbonyl (C=O) groups excluding carboxylic acids is 2. The highest BCUT2D eigenvalue weighted by atomic mass is 32.2. The Morgan fingerprint density at radius 2 is 1.93 bits per heavy atom. The van der Waals surface area contributed by atoms with Crippen molar-refractivity contribution in [3.05, 3.63) is 63.8 Å². The van der Waals surface area contributed by atoms with Crippen LogP contribution in [-0.2, 0) is 32.6 Å². The van der Waals surface area contributed by atoms with Gasteiger partial charge in [0.2, 0.25) is 16.8 Å². The van der Waals surface area contributed by atoms with Gasteiger partial charge in [-0.05, 0) is 31.2 Å². The number of anilines is 1. The van der Waals surface area contributed by atoms with Gasteiger partial charge in [-0.1, -0.05) is 17.7 Å². The molecule has 0 saturated carbocycles. The molecule has 3 rings (SSSR count). The molecule has 0 fully saturated rings. The molecule has 1 aromatic carbocycles. The largest absolute Gasteiger partial charge is 0.453 e. The number of furan rings is 1. The number of thiazole rings is 1. The van der Waals surface area contributed by atoms with Crippen LogP contribution in [0.4, 0.5) is 5.69 Å². The predicted molar refractivity (Wildman–Crippen MR) is 105 cm³/mol. The second-order valence-electron chi connectivity index (χ2n) is 6.06. The van der Waals surface area contributed by atoms with E-state index < -0.39 is 21.1 Å². The van der Waals surface area contributed by atoms with Crippen LogP contribution < -0.4 is 10.5 Å². The topological polar surface area (TPSA) is 142 Å². The maximum Gasteiger partial charge on any atom is 0.374 e. The Morgan fingerprint density at radius 3 is 2.59 bits per heavy atom. The quantitative estimate of drug-likeness (QED) is 0.542. The SMILES string of the molecule is Cc1ccc(NC(=O)Cc2nc(COC(=O)c3ccc(S(N)(=O)=O)o3)cs2)cc1. The van der Waals surface area contributed by atoms with Crippen LogP contribution in [0.3, 0.4) is 0 Å². The van der Waals surface area contributed by atoms with E-state index in [1.807, 2.05) is 31.2 Å². The lowest BCUT2D eigenvalue weighted by Crippen LogP contribution is -2.14. The smallest absolute Gasteiger partial charge is 0.374 e. The van der Waals surface area contributed by atoms with Crippen LogP contribution in [-0.4, -0.2) is 25.3 Å². The number of hydrogen-bond donors (Lipinski definition) is 2. The fraction of sp³-hybridized carbons (Fsp3) is 0.167. The number of sulfonamides is 1. The predicted octanol–water partition coefficient (Wildman–Crippen LogP) is 2.23. The Kier molecular flexibility index (Phi) is 6.11. The summed E-state index contributed by atoms with van der Waals surface area (Å²) in [4.78, 5) is 28.3. The molecule has 29 heavy (non-hydrogen) atoms. The lowest BCUT2D eigenvalue weighted by Gasteiger charge is -2.04. The van der Waals surface area contributed by atoms with E-state index in [9.17, 15) is 18.0 Å². The van der Waals surface area contributed by atoms with Gasteiger partial charge >= 0.3 is 5.97 Å². The first-order valence-corrected chi connectivity index (χ1v) is 10.7. The zero-order valence-corrected chi connectivity index (χ0v) is 16.9. The average Bonchev–Trinajstić information content (AvgIpc) is 3.31. The highest BCUT2D eigenvalue weighted by molar-refractivity contribution is 7.89. The Bertz CT molecular complexity index is 1130. The molecule has 9 nitrogen and oxygen atoms in total. The van der Waals surface area contributed by atoms with Crippen molar-refractivity contribution in [2.45, 2.75) is 25.0 Å². The van der Waals surface area contributed by atoms with E-state index in [1.165, 1.54) is 11.3 Å². The zero-order chi connectivity index (χ0) is 21.0. The van der Waals surface area contributed by atoms with E-state index >= 15 is 0 Å². The molecule has 3 N–H and O–H groups in total. The number of amides is 1. The fourth-order valence-electron chi connectivity index (χ4n) is 2.27. The number of ether oxygens (including phenoxy) is 1. The number of rotatable bonds is 7. The van der Waals surface area contributed by atoms with Crippen molar-refractivity contribution in [1.82, 2.24) is 4.98 Å². The van der Waals surface area contributed by atoms with Gasteiger partial charge in [0, 0.05) is 11.1 Å². The minimum Gasteiger partial charge on any atom is -0.453 e. The normalized spacial score (nSPS) is 11.2. The van der Waals surface area contributed by atoms with Gasteiger partial charge in [0.1, 0.15) is 11.6 Å². The molecule has 11 heteroatoms. The number of hydrogen-bond acceptors (Lipinski definition) is 8. The van der Waals surface area contributed by atoms with E-state index in [4.69, 9.17) is 14.3 Å². The number of benzene rings is 1. The molecule has 0 saturated heterocycles. The Morgan fingerprint density at radius 1 is 1.21 bits per heavy atom. The molecular weight excluding hydrogens is 418 g/mol. The molecule has 3 aromatic rings. The van der Waals surface area contributed by atoms with Gasteiger partial charge in [0.25, 0.3) is 10.0 Å². The van der Waals surface area contributed by atoms with Crippen molar-refractivity contribution in [2.24, 2.45) is 5.14 Å². The van der Waals surface area contributed by atoms with Crippen molar-refractivity contribution in [3.8, 4) is 0 Å². The van der Waals surface area contributed by atoms with Crippen LogP contribution in [0, 0.1) is 6.92 Å². The third-order valence-corrected chi connectivity index (χ3v) is 5.34. The van der Waals surface area contributed by atoms with E-state index in [0.29, 0.717) is 16.4 Å². The van der Waals surface area contributed by atoms with Crippen LogP contribution in [0.5, 0.6) is 0 Å². The third-order valence-electron chi connectivity index (χ3n) is 3.66. The number of aryl methyl sites for hydroxylation is 1. The summed E-state index contributed by atoms with van der Waals surface area (Å²) in [5.41, 5.74) is 2.25. The molecule has 0 unspecified atom stereocenters. The monoisotopic (exact) mass is 435 g/mol. The number of nitrogens with zero attached hydrogens (tertiary/aromatic N) is 1. The highest BCUT2D eigenvalue weighted by Gasteiger charge is 2.19. The Labute approximate surface area is 170 Å². The zero-order valence-electron chi connectivity index (χ0n) is 15.2. The van der Waals surface area contributed by atoms with Crippen LogP contribution in [0.1, 0.15) is 26.8 Å². The molecule has 0 aliphatic carbocycles. The average molecular weight is 435 g/mol. The number of esters is 1. The second kappa shape index (κ2) is 8.55. The molecule has 0 aliphatic heterocycles. The molecule has 1 amide bonds.